The van der Waals surface area contributed by atoms with Crippen LogP contribution in [0.2, 0.25) is 0 Å². The number of piperidine rings is 1. The molecule has 0 spiro atoms. The minimum absolute atomic E-state index is 0.219. The van der Waals surface area contributed by atoms with Crippen LogP contribution in [0.25, 0.3) is 0 Å². The number of rotatable bonds is 4. The predicted molar refractivity (Wildman–Crippen MR) is 90.6 cm³/mol. The molecule has 2 aliphatic heterocycles. The molecule has 128 valence electrons. The molecule has 0 radical (unpaired) electrons. The lowest BCUT2D eigenvalue weighted by Gasteiger charge is -2.45. The fourth-order valence-corrected chi connectivity index (χ4v) is 3.84. The smallest absolute Gasteiger partial charge is 0.149 e. The van der Waals surface area contributed by atoms with Crippen molar-refractivity contribution < 1.29 is 9.15 Å². The van der Waals surface area contributed by atoms with Crippen LogP contribution < -0.4 is 5.32 Å². The Hall–Kier alpha value is -1.92. The van der Waals surface area contributed by atoms with Crippen molar-refractivity contribution in [2.75, 3.05) is 25.0 Å². The number of aromatic nitrogens is 2. The van der Waals surface area contributed by atoms with Crippen LogP contribution in [0.4, 0.5) is 5.82 Å². The van der Waals surface area contributed by atoms with Gasteiger partial charge < -0.3 is 14.5 Å². The zero-order chi connectivity index (χ0) is 16.4. The van der Waals surface area contributed by atoms with Crippen LogP contribution in [0.15, 0.2) is 34.9 Å². The maximum absolute atomic E-state index is 6.11. The summed E-state index contributed by atoms with van der Waals surface area (Å²) in [5, 5.41) is 11.9. The maximum atomic E-state index is 6.11. The SMILES string of the molecule is Cc1ccc(N[C@@H]2CN(Cc3ccco3)C[C@@H]3CCCO[C@@H]32)nn1. The Labute approximate surface area is 142 Å². The minimum atomic E-state index is 0.219. The van der Waals surface area contributed by atoms with E-state index in [0.717, 1.165) is 49.9 Å². The van der Waals surface area contributed by atoms with Crippen molar-refractivity contribution in [3.8, 4) is 0 Å². The molecular formula is C18H24N4O2. The second kappa shape index (κ2) is 6.91. The van der Waals surface area contributed by atoms with Crippen molar-refractivity contribution in [1.29, 1.82) is 0 Å². The van der Waals surface area contributed by atoms with Crippen LogP contribution in [0.1, 0.15) is 24.3 Å². The average Bonchev–Trinajstić information content (AvgIpc) is 3.10. The van der Waals surface area contributed by atoms with Gasteiger partial charge in [-0.15, -0.1) is 5.10 Å². The monoisotopic (exact) mass is 328 g/mol. The van der Waals surface area contributed by atoms with Gasteiger partial charge in [-0.1, -0.05) is 0 Å². The first-order valence-electron chi connectivity index (χ1n) is 8.71. The van der Waals surface area contributed by atoms with Crippen LogP contribution in [0.3, 0.4) is 0 Å². The first-order valence-corrected chi connectivity index (χ1v) is 8.71. The molecule has 6 heteroatoms. The number of aryl methyl sites for hydroxylation is 1. The third-order valence-electron chi connectivity index (χ3n) is 4.93. The lowest BCUT2D eigenvalue weighted by atomic mass is 9.85. The Morgan fingerprint density at radius 3 is 3.00 bits per heavy atom. The highest BCUT2D eigenvalue weighted by Crippen LogP contribution is 2.30. The zero-order valence-corrected chi connectivity index (χ0v) is 14.0. The molecule has 0 aliphatic carbocycles. The average molecular weight is 328 g/mol. The van der Waals surface area contributed by atoms with Crippen LogP contribution in [-0.4, -0.2) is 46.9 Å². The van der Waals surface area contributed by atoms with E-state index in [2.05, 4.69) is 20.4 Å². The normalized spacial score (nSPS) is 27.6. The molecule has 2 fully saturated rings. The molecule has 4 rings (SSSR count). The largest absolute Gasteiger partial charge is 0.468 e. The number of fused-ring (bicyclic) bond motifs is 1. The summed E-state index contributed by atoms with van der Waals surface area (Å²) in [7, 11) is 0. The molecule has 2 aliphatic rings. The van der Waals surface area contributed by atoms with E-state index in [4.69, 9.17) is 9.15 Å². The number of nitrogens with one attached hydrogen (secondary N) is 1. The molecule has 2 aromatic heterocycles. The molecule has 24 heavy (non-hydrogen) atoms. The van der Waals surface area contributed by atoms with E-state index in [1.165, 1.54) is 6.42 Å². The van der Waals surface area contributed by atoms with Gasteiger partial charge in [0.25, 0.3) is 0 Å². The molecule has 0 amide bonds. The number of ether oxygens (including phenoxy) is 1. The molecule has 2 saturated heterocycles. The second-order valence-electron chi connectivity index (χ2n) is 6.82. The summed E-state index contributed by atoms with van der Waals surface area (Å²) < 4.78 is 11.6. The van der Waals surface area contributed by atoms with Crippen molar-refractivity contribution in [2.45, 2.75) is 38.5 Å². The molecule has 0 aromatic carbocycles. The first-order chi connectivity index (χ1) is 11.8. The number of likely N-dealkylation sites (tertiary alicyclic amines) is 1. The van der Waals surface area contributed by atoms with Gasteiger partial charge in [0.1, 0.15) is 11.6 Å². The Kier molecular flexibility index (Phi) is 4.49. The number of furan rings is 1. The van der Waals surface area contributed by atoms with Crippen molar-refractivity contribution in [3.63, 3.8) is 0 Å². The van der Waals surface area contributed by atoms with Crippen molar-refractivity contribution in [2.24, 2.45) is 5.92 Å². The molecule has 3 atom stereocenters. The van der Waals surface area contributed by atoms with Crippen LogP contribution in [-0.2, 0) is 11.3 Å². The fourth-order valence-electron chi connectivity index (χ4n) is 3.84. The van der Waals surface area contributed by atoms with Gasteiger partial charge in [-0.05, 0) is 49.9 Å². The molecule has 1 N–H and O–H groups in total. The highest BCUT2D eigenvalue weighted by atomic mass is 16.5. The van der Waals surface area contributed by atoms with E-state index in [0.29, 0.717) is 5.92 Å². The predicted octanol–water partition coefficient (Wildman–Crippen LogP) is 2.47. The Morgan fingerprint density at radius 2 is 2.21 bits per heavy atom. The summed E-state index contributed by atoms with van der Waals surface area (Å²) in [5.41, 5.74) is 0.926. The highest BCUT2D eigenvalue weighted by Gasteiger charge is 2.39. The van der Waals surface area contributed by atoms with Crippen molar-refractivity contribution in [3.05, 3.63) is 42.0 Å². The molecule has 0 saturated carbocycles. The molecule has 2 aromatic rings. The summed E-state index contributed by atoms with van der Waals surface area (Å²) >= 11 is 0. The summed E-state index contributed by atoms with van der Waals surface area (Å²) in [6.45, 7) is 5.62. The lowest BCUT2D eigenvalue weighted by Crippen LogP contribution is -2.57. The summed E-state index contributed by atoms with van der Waals surface area (Å²) in [4.78, 5) is 2.45. The van der Waals surface area contributed by atoms with Crippen LogP contribution in [0, 0.1) is 12.8 Å². The highest BCUT2D eigenvalue weighted by molar-refractivity contribution is 5.35. The van der Waals surface area contributed by atoms with Crippen LogP contribution >= 0.6 is 0 Å². The standard InChI is InChI=1S/C18H24N4O2/c1-13-6-7-17(21-20-13)19-16-12-22(11-15-5-3-8-23-15)10-14-4-2-9-24-18(14)16/h3,5-8,14,16,18H,2,4,9-12H2,1H3,(H,19,21)/t14-,16+,18-/m0/s1. The number of anilines is 1. The minimum Gasteiger partial charge on any atom is -0.468 e. The van der Waals surface area contributed by atoms with Gasteiger partial charge >= 0.3 is 0 Å². The number of hydrogen-bond donors (Lipinski definition) is 1. The van der Waals surface area contributed by atoms with Crippen molar-refractivity contribution >= 4 is 5.82 Å². The molecule has 6 nitrogen and oxygen atoms in total. The number of nitrogens with zero attached hydrogens (tertiary/aromatic N) is 3. The third-order valence-corrected chi connectivity index (χ3v) is 4.93. The van der Waals surface area contributed by atoms with E-state index in [-0.39, 0.29) is 12.1 Å². The van der Waals surface area contributed by atoms with E-state index in [1.807, 2.05) is 31.2 Å². The van der Waals surface area contributed by atoms with E-state index >= 15 is 0 Å². The van der Waals surface area contributed by atoms with Gasteiger partial charge in [0.15, 0.2) is 0 Å². The maximum Gasteiger partial charge on any atom is 0.149 e. The Bertz CT molecular complexity index is 644. The van der Waals surface area contributed by atoms with Gasteiger partial charge in [-0.25, -0.2) is 0 Å². The molecule has 4 heterocycles. The molecule has 0 unspecified atom stereocenters. The molecular weight excluding hydrogens is 304 g/mol. The Balaban J connectivity index is 1.49. The van der Waals surface area contributed by atoms with E-state index < -0.39 is 0 Å². The quantitative estimate of drug-likeness (QED) is 0.930. The first kappa shape index (κ1) is 15.6. The van der Waals surface area contributed by atoms with E-state index in [1.54, 1.807) is 6.26 Å². The van der Waals surface area contributed by atoms with Gasteiger partial charge in [0, 0.05) is 19.7 Å². The van der Waals surface area contributed by atoms with Gasteiger partial charge in [0.05, 0.1) is 30.6 Å². The third kappa shape index (κ3) is 3.44. The number of hydrogen-bond acceptors (Lipinski definition) is 6. The van der Waals surface area contributed by atoms with E-state index in [9.17, 15) is 0 Å². The second-order valence-corrected chi connectivity index (χ2v) is 6.82. The summed E-state index contributed by atoms with van der Waals surface area (Å²) in [6.07, 6.45) is 4.35. The fraction of sp³-hybridized carbons (Fsp3) is 0.556. The van der Waals surface area contributed by atoms with Gasteiger partial charge in [-0.3, -0.25) is 4.90 Å². The van der Waals surface area contributed by atoms with Crippen LogP contribution in [0.5, 0.6) is 0 Å². The van der Waals surface area contributed by atoms with Gasteiger partial charge in [-0.2, -0.15) is 5.10 Å². The summed E-state index contributed by atoms with van der Waals surface area (Å²) in [5.74, 6) is 2.38. The lowest BCUT2D eigenvalue weighted by molar-refractivity contribution is -0.0755. The zero-order valence-electron chi connectivity index (χ0n) is 14.0. The van der Waals surface area contributed by atoms with Crippen molar-refractivity contribution in [1.82, 2.24) is 15.1 Å². The topological polar surface area (TPSA) is 63.4 Å². The summed E-state index contributed by atoms with van der Waals surface area (Å²) in [6, 6.07) is 8.18. The van der Waals surface area contributed by atoms with Gasteiger partial charge in [0.2, 0.25) is 0 Å². The Morgan fingerprint density at radius 1 is 1.25 bits per heavy atom. The molecule has 0 bridgehead atoms.